The van der Waals surface area contributed by atoms with Crippen LogP contribution in [0.3, 0.4) is 0 Å². The smallest absolute Gasteiger partial charge is 0.223 e. The summed E-state index contributed by atoms with van der Waals surface area (Å²) in [6.45, 7) is 2.34. The number of benzene rings is 2. The first kappa shape index (κ1) is 21.0. The number of nitrogens with one attached hydrogen (secondary N) is 1. The van der Waals surface area contributed by atoms with E-state index in [1.165, 1.54) is 0 Å². The van der Waals surface area contributed by atoms with Gasteiger partial charge in [-0.1, -0.05) is 29.8 Å². The van der Waals surface area contributed by atoms with Crippen molar-refractivity contribution in [3.63, 3.8) is 0 Å². The van der Waals surface area contributed by atoms with E-state index in [1.807, 2.05) is 59.4 Å². The highest BCUT2D eigenvalue weighted by Crippen LogP contribution is 2.33. The van der Waals surface area contributed by atoms with Crippen molar-refractivity contribution in [2.45, 2.75) is 31.8 Å². The van der Waals surface area contributed by atoms with E-state index >= 15 is 0 Å². The van der Waals surface area contributed by atoms with Gasteiger partial charge in [0.2, 0.25) is 5.91 Å². The number of amides is 1. The lowest BCUT2D eigenvalue weighted by molar-refractivity contribution is -0.128. The van der Waals surface area contributed by atoms with Crippen molar-refractivity contribution in [1.29, 1.82) is 0 Å². The Morgan fingerprint density at radius 2 is 1.94 bits per heavy atom. The number of ether oxygens (including phenoxy) is 1. The van der Waals surface area contributed by atoms with Gasteiger partial charge in [-0.05, 0) is 49.1 Å². The number of carbonyl (C=O) groups excluding carboxylic acids is 1. The predicted molar refractivity (Wildman–Crippen MR) is 125 cm³/mol. The highest BCUT2D eigenvalue weighted by Gasteiger charge is 2.38. The minimum atomic E-state index is 0.309. The van der Waals surface area contributed by atoms with E-state index in [0.29, 0.717) is 35.9 Å². The van der Waals surface area contributed by atoms with Gasteiger partial charge in [-0.15, -0.1) is 0 Å². The first-order valence-electron chi connectivity index (χ1n) is 11.1. The first-order valence-corrected chi connectivity index (χ1v) is 11.5. The summed E-state index contributed by atoms with van der Waals surface area (Å²) >= 11 is 6.50. The zero-order valence-electron chi connectivity index (χ0n) is 18.1. The normalized spacial score (nSPS) is 18.4. The lowest BCUT2D eigenvalue weighted by Crippen LogP contribution is -2.29. The van der Waals surface area contributed by atoms with Crippen molar-refractivity contribution in [2.24, 2.45) is 5.92 Å². The summed E-state index contributed by atoms with van der Waals surface area (Å²) in [5.74, 6) is 1.48. The molecule has 1 aliphatic carbocycles. The number of hydrogen-bond acceptors (Lipinski definition) is 4. The molecule has 1 N–H and O–H groups in total. The summed E-state index contributed by atoms with van der Waals surface area (Å²) < 4.78 is 7.15. The van der Waals surface area contributed by atoms with E-state index in [-0.39, 0.29) is 0 Å². The van der Waals surface area contributed by atoms with Gasteiger partial charge in [0.25, 0.3) is 0 Å². The number of nitrogens with zero attached hydrogens (tertiary/aromatic N) is 3. The molecule has 2 aromatic carbocycles. The first-order chi connectivity index (χ1) is 15.6. The SMILES string of the molecule is COc1ccc(-n2cc(CNC[C@H]3CC(=O)N(C4CC4)C3)c(-c3ccccc3Cl)n2)cc1. The minimum Gasteiger partial charge on any atom is -0.497 e. The predicted octanol–water partition coefficient (Wildman–Crippen LogP) is 4.30. The largest absolute Gasteiger partial charge is 0.497 e. The van der Waals surface area contributed by atoms with Crippen LogP contribution in [0.5, 0.6) is 5.75 Å². The molecule has 0 spiro atoms. The summed E-state index contributed by atoms with van der Waals surface area (Å²) in [6.07, 6.45) is 5.02. The molecule has 7 heteroatoms. The Kier molecular flexibility index (Phi) is 5.89. The van der Waals surface area contributed by atoms with E-state index in [1.54, 1.807) is 7.11 Å². The molecule has 5 rings (SSSR count). The van der Waals surface area contributed by atoms with Crippen LogP contribution in [0, 0.1) is 5.92 Å². The van der Waals surface area contributed by atoms with Crippen molar-refractivity contribution in [3.05, 3.63) is 65.3 Å². The van der Waals surface area contributed by atoms with Gasteiger partial charge in [0.15, 0.2) is 0 Å². The van der Waals surface area contributed by atoms with E-state index in [9.17, 15) is 4.79 Å². The van der Waals surface area contributed by atoms with E-state index in [0.717, 1.165) is 54.2 Å². The maximum atomic E-state index is 12.2. The van der Waals surface area contributed by atoms with Gasteiger partial charge >= 0.3 is 0 Å². The van der Waals surface area contributed by atoms with Gasteiger partial charge in [-0.3, -0.25) is 4.79 Å². The molecule has 0 unspecified atom stereocenters. The Labute approximate surface area is 193 Å². The summed E-state index contributed by atoms with van der Waals surface area (Å²) in [7, 11) is 1.66. The highest BCUT2D eigenvalue weighted by atomic mass is 35.5. The Morgan fingerprint density at radius 1 is 1.16 bits per heavy atom. The number of likely N-dealkylation sites (tertiary alicyclic amines) is 1. The van der Waals surface area contributed by atoms with Crippen molar-refractivity contribution in [2.75, 3.05) is 20.2 Å². The fourth-order valence-electron chi connectivity index (χ4n) is 4.38. The average molecular weight is 451 g/mol. The Balaban J connectivity index is 1.34. The zero-order valence-corrected chi connectivity index (χ0v) is 18.9. The molecule has 2 aliphatic rings. The van der Waals surface area contributed by atoms with Gasteiger partial charge in [0.05, 0.1) is 23.5 Å². The maximum Gasteiger partial charge on any atom is 0.223 e. The van der Waals surface area contributed by atoms with Crippen LogP contribution in [0.1, 0.15) is 24.8 Å². The molecular weight excluding hydrogens is 424 g/mol. The molecule has 166 valence electrons. The fraction of sp³-hybridized carbons (Fsp3) is 0.360. The van der Waals surface area contributed by atoms with Crippen LogP contribution in [0.15, 0.2) is 54.7 Å². The summed E-state index contributed by atoms with van der Waals surface area (Å²) in [5.41, 5.74) is 3.79. The molecule has 1 amide bonds. The molecule has 0 bridgehead atoms. The molecule has 6 nitrogen and oxygen atoms in total. The number of aromatic nitrogens is 2. The van der Waals surface area contributed by atoms with Crippen molar-refractivity contribution >= 4 is 17.5 Å². The molecule has 1 saturated carbocycles. The van der Waals surface area contributed by atoms with Crippen LogP contribution in [0.4, 0.5) is 0 Å². The van der Waals surface area contributed by atoms with Crippen LogP contribution >= 0.6 is 11.6 Å². The quantitative estimate of drug-likeness (QED) is 0.555. The molecule has 1 atom stereocenters. The fourth-order valence-corrected chi connectivity index (χ4v) is 4.61. The second-order valence-electron chi connectivity index (χ2n) is 8.60. The van der Waals surface area contributed by atoms with Gasteiger partial charge in [0.1, 0.15) is 5.75 Å². The lowest BCUT2D eigenvalue weighted by Gasteiger charge is -2.15. The van der Waals surface area contributed by atoms with Crippen LogP contribution in [-0.2, 0) is 11.3 Å². The third-order valence-electron chi connectivity index (χ3n) is 6.23. The maximum absolute atomic E-state index is 12.2. The van der Waals surface area contributed by atoms with Gasteiger partial charge in [-0.25, -0.2) is 4.68 Å². The minimum absolute atomic E-state index is 0.309. The van der Waals surface area contributed by atoms with E-state index in [4.69, 9.17) is 21.4 Å². The summed E-state index contributed by atoms with van der Waals surface area (Å²) in [4.78, 5) is 14.3. The van der Waals surface area contributed by atoms with Crippen LogP contribution in [0.25, 0.3) is 16.9 Å². The van der Waals surface area contributed by atoms with Gasteiger partial charge in [-0.2, -0.15) is 5.10 Å². The van der Waals surface area contributed by atoms with Gasteiger partial charge in [0, 0.05) is 49.4 Å². The third-order valence-corrected chi connectivity index (χ3v) is 6.56. The van der Waals surface area contributed by atoms with Crippen LogP contribution in [-0.4, -0.2) is 46.8 Å². The van der Waals surface area contributed by atoms with Gasteiger partial charge < -0.3 is 15.0 Å². The molecule has 1 saturated heterocycles. The number of hydrogen-bond donors (Lipinski definition) is 1. The number of halogens is 1. The molecule has 1 aromatic heterocycles. The van der Waals surface area contributed by atoms with Crippen molar-refractivity contribution in [3.8, 4) is 22.7 Å². The summed E-state index contributed by atoms with van der Waals surface area (Å²) in [5, 5.41) is 9.10. The van der Waals surface area contributed by atoms with Crippen molar-refractivity contribution < 1.29 is 9.53 Å². The highest BCUT2D eigenvalue weighted by molar-refractivity contribution is 6.33. The average Bonchev–Trinajstić information content (AvgIpc) is 3.46. The van der Waals surface area contributed by atoms with Crippen LogP contribution in [0.2, 0.25) is 5.02 Å². The molecule has 2 fully saturated rings. The van der Waals surface area contributed by atoms with E-state index < -0.39 is 0 Å². The molecule has 0 radical (unpaired) electrons. The Hall–Kier alpha value is -2.83. The van der Waals surface area contributed by atoms with Crippen LogP contribution < -0.4 is 10.1 Å². The number of rotatable bonds is 8. The van der Waals surface area contributed by atoms with Crippen molar-refractivity contribution in [1.82, 2.24) is 20.0 Å². The third kappa shape index (κ3) is 4.38. The second-order valence-corrected chi connectivity index (χ2v) is 9.01. The zero-order chi connectivity index (χ0) is 22.1. The Morgan fingerprint density at radius 3 is 2.66 bits per heavy atom. The number of methoxy groups -OCH3 is 1. The molecule has 1 aliphatic heterocycles. The second kappa shape index (κ2) is 8.96. The molecular formula is C25H27ClN4O2. The lowest BCUT2D eigenvalue weighted by atomic mass is 10.1. The monoisotopic (exact) mass is 450 g/mol. The standard InChI is InChI=1S/C25H27ClN4O2/c1-32-21-10-8-20(9-11-21)30-16-18(25(28-30)22-4-2-3-5-23(22)26)14-27-13-17-12-24(31)29(15-17)19-6-7-19/h2-5,8-11,16-17,19,27H,6-7,12-15H2,1H3/t17-/m1/s1. The molecule has 3 aromatic rings. The molecule has 2 heterocycles. The summed E-state index contributed by atoms with van der Waals surface area (Å²) in [6, 6.07) is 16.1. The Bertz CT molecular complexity index is 1110. The topological polar surface area (TPSA) is 59.4 Å². The van der Waals surface area contributed by atoms with E-state index in [2.05, 4.69) is 10.2 Å². The molecule has 32 heavy (non-hydrogen) atoms. The number of carbonyl (C=O) groups is 1.